The summed E-state index contributed by atoms with van der Waals surface area (Å²) in [5.74, 6) is -0.0727. The fourth-order valence-corrected chi connectivity index (χ4v) is 7.65. The Labute approximate surface area is 237 Å². The number of halogens is 4. The van der Waals surface area contributed by atoms with Crippen molar-refractivity contribution in [2.75, 3.05) is 33.4 Å². The van der Waals surface area contributed by atoms with Crippen LogP contribution in [-0.4, -0.2) is 63.1 Å². The van der Waals surface area contributed by atoms with Gasteiger partial charge in [-0.2, -0.15) is 17.5 Å². The maximum Gasteiger partial charge on any atom is 0.417 e. The number of ether oxygens (including phenoxy) is 1. The smallest absolute Gasteiger partial charge is 0.383 e. The zero-order valence-electron chi connectivity index (χ0n) is 22.1. The molecular weight excluding hydrogens is 561 g/mol. The van der Waals surface area contributed by atoms with Crippen LogP contribution in [0.1, 0.15) is 22.6 Å². The van der Waals surface area contributed by atoms with E-state index in [1.165, 1.54) is 12.1 Å². The molecular formula is C30H30ClF3N2O3S. The lowest BCUT2D eigenvalue weighted by Crippen LogP contribution is -2.67. The molecule has 0 bridgehead atoms. The summed E-state index contributed by atoms with van der Waals surface area (Å²) in [6.07, 6.45) is -1.22. The number of rotatable bonds is 6. The third kappa shape index (κ3) is 5.33. The van der Waals surface area contributed by atoms with E-state index in [0.717, 1.165) is 38.7 Å². The van der Waals surface area contributed by atoms with Crippen molar-refractivity contribution in [2.24, 2.45) is 0 Å². The van der Waals surface area contributed by atoms with Crippen molar-refractivity contribution < 1.29 is 26.3 Å². The number of sulfonamides is 1. The SMILES string of the molecule is COCC1C(c2ccc(-c3cccc(Cl)c3C)cc2)C2CN(S(=O)(=O)c3ccccc3C(F)(F)F)C/C=C\CN12. The van der Waals surface area contributed by atoms with Crippen LogP contribution in [0.15, 0.2) is 83.8 Å². The molecule has 3 aromatic carbocycles. The third-order valence-corrected chi connectivity index (χ3v) is 10.2. The average Bonchev–Trinajstić information content (AvgIpc) is 2.91. The monoisotopic (exact) mass is 590 g/mol. The lowest BCUT2D eigenvalue weighted by molar-refractivity contribution is -0.139. The molecule has 0 saturated carbocycles. The molecule has 5 rings (SSSR count). The van der Waals surface area contributed by atoms with Crippen LogP contribution in [0, 0.1) is 6.92 Å². The van der Waals surface area contributed by atoms with E-state index >= 15 is 0 Å². The van der Waals surface area contributed by atoms with E-state index < -0.39 is 26.7 Å². The van der Waals surface area contributed by atoms with E-state index in [2.05, 4.69) is 4.90 Å². The molecule has 5 nitrogen and oxygen atoms in total. The first-order valence-electron chi connectivity index (χ1n) is 13.0. The van der Waals surface area contributed by atoms with Crippen LogP contribution in [0.5, 0.6) is 0 Å². The molecule has 0 amide bonds. The Morgan fingerprint density at radius 1 is 0.975 bits per heavy atom. The molecule has 3 atom stereocenters. The molecule has 212 valence electrons. The summed E-state index contributed by atoms with van der Waals surface area (Å²) in [5.41, 5.74) is 2.88. The first kappa shape index (κ1) is 28.8. The van der Waals surface area contributed by atoms with E-state index in [9.17, 15) is 21.6 Å². The van der Waals surface area contributed by atoms with Crippen molar-refractivity contribution in [3.63, 3.8) is 0 Å². The zero-order valence-corrected chi connectivity index (χ0v) is 23.7. The Hall–Kier alpha value is -2.69. The summed E-state index contributed by atoms with van der Waals surface area (Å²) in [4.78, 5) is 1.44. The largest absolute Gasteiger partial charge is 0.417 e. The van der Waals surface area contributed by atoms with Gasteiger partial charge >= 0.3 is 6.18 Å². The van der Waals surface area contributed by atoms with Gasteiger partial charge in [0.1, 0.15) is 0 Å². The first-order valence-corrected chi connectivity index (χ1v) is 14.8. The first-order chi connectivity index (χ1) is 19.0. The highest BCUT2D eigenvalue weighted by molar-refractivity contribution is 7.89. The minimum absolute atomic E-state index is 0.00644. The van der Waals surface area contributed by atoms with Crippen molar-refractivity contribution in [3.8, 4) is 11.1 Å². The fraction of sp³-hybridized carbons (Fsp3) is 0.333. The molecule has 2 heterocycles. The minimum Gasteiger partial charge on any atom is -0.383 e. The van der Waals surface area contributed by atoms with Crippen molar-refractivity contribution >= 4 is 21.6 Å². The van der Waals surface area contributed by atoms with Gasteiger partial charge in [-0.05, 0) is 47.4 Å². The average molecular weight is 591 g/mol. The quantitative estimate of drug-likeness (QED) is 0.313. The molecule has 10 heteroatoms. The number of benzene rings is 3. The van der Waals surface area contributed by atoms with Gasteiger partial charge in [0, 0.05) is 49.8 Å². The molecule has 3 unspecified atom stereocenters. The van der Waals surface area contributed by atoms with E-state index in [0.29, 0.717) is 18.2 Å². The van der Waals surface area contributed by atoms with E-state index in [1.807, 2.05) is 55.5 Å². The van der Waals surface area contributed by atoms with Crippen LogP contribution in [0.25, 0.3) is 11.1 Å². The Morgan fingerprint density at radius 2 is 1.68 bits per heavy atom. The van der Waals surface area contributed by atoms with Crippen LogP contribution < -0.4 is 0 Å². The third-order valence-electron chi connectivity index (χ3n) is 7.89. The Balaban J connectivity index is 1.48. The van der Waals surface area contributed by atoms with Crippen molar-refractivity contribution in [1.82, 2.24) is 9.21 Å². The van der Waals surface area contributed by atoms with Gasteiger partial charge in [-0.1, -0.05) is 72.3 Å². The van der Waals surface area contributed by atoms with Crippen LogP contribution in [0.3, 0.4) is 0 Å². The molecule has 0 aliphatic carbocycles. The van der Waals surface area contributed by atoms with Gasteiger partial charge < -0.3 is 4.74 Å². The molecule has 1 saturated heterocycles. The number of alkyl halides is 3. The second-order valence-electron chi connectivity index (χ2n) is 10.1. The standard InChI is InChI=1S/C30H30ClF3N2O3S/c1-20-23(8-7-10-25(20)31)21-12-14-22(15-13-21)29-26-18-35(16-5-6-17-36(26)27(29)19-39-2)40(37,38)28-11-4-3-9-24(28)30(32,33)34/h3-15,26-27,29H,16-19H2,1-2H3/b6-5-. The number of fused-ring (bicyclic) bond motifs is 1. The summed E-state index contributed by atoms with van der Waals surface area (Å²) in [5, 5.41) is 0.687. The highest BCUT2D eigenvalue weighted by Gasteiger charge is 2.50. The molecule has 40 heavy (non-hydrogen) atoms. The normalized spacial score (nSPS) is 23.1. The van der Waals surface area contributed by atoms with Gasteiger partial charge in [-0.25, -0.2) is 8.42 Å². The Morgan fingerprint density at radius 3 is 2.38 bits per heavy atom. The highest BCUT2D eigenvalue weighted by Crippen LogP contribution is 2.43. The molecule has 0 aromatic heterocycles. The van der Waals surface area contributed by atoms with E-state index in [-0.39, 0.29) is 31.1 Å². The molecule has 3 aromatic rings. The van der Waals surface area contributed by atoms with Crippen LogP contribution in [0.2, 0.25) is 5.02 Å². The van der Waals surface area contributed by atoms with Gasteiger partial charge in [0.25, 0.3) is 0 Å². The van der Waals surface area contributed by atoms with Gasteiger partial charge in [0.15, 0.2) is 0 Å². The molecule has 0 N–H and O–H groups in total. The fourth-order valence-electron chi connectivity index (χ4n) is 5.85. The van der Waals surface area contributed by atoms with E-state index in [1.54, 1.807) is 13.2 Å². The van der Waals surface area contributed by atoms with Gasteiger partial charge in [0.2, 0.25) is 10.0 Å². The lowest BCUT2D eigenvalue weighted by Gasteiger charge is -2.56. The van der Waals surface area contributed by atoms with Gasteiger partial charge in [-0.3, -0.25) is 4.90 Å². The predicted octanol–water partition coefficient (Wildman–Crippen LogP) is 6.38. The van der Waals surface area contributed by atoms with Crippen LogP contribution in [0.4, 0.5) is 13.2 Å². The summed E-state index contributed by atoms with van der Waals surface area (Å²) in [6, 6.07) is 18.0. The highest BCUT2D eigenvalue weighted by atomic mass is 35.5. The number of hydrogen-bond acceptors (Lipinski definition) is 4. The Bertz CT molecular complexity index is 1510. The molecule has 2 aliphatic rings. The van der Waals surface area contributed by atoms with Gasteiger partial charge in [0.05, 0.1) is 17.1 Å². The van der Waals surface area contributed by atoms with Crippen LogP contribution in [-0.2, 0) is 20.9 Å². The lowest BCUT2D eigenvalue weighted by atomic mass is 9.74. The molecule has 2 aliphatic heterocycles. The Kier molecular flexibility index (Phi) is 8.14. The second-order valence-corrected chi connectivity index (χ2v) is 12.4. The topological polar surface area (TPSA) is 49.9 Å². The molecule has 1 fully saturated rings. The summed E-state index contributed by atoms with van der Waals surface area (Å²) >= 11 is 6.32. The number of nitrogens with zero attached hydrogens (tertiary/aromatic N) is 2. The number of hydrogen-bond donors (Lipinski definition) is 0. The minimum atomic E-state index is -4.79. The summed E-state index contributed by atoms with van der Waals surface area (Å²) in [6.45, 7) is 3.06. The predicted molar refractivity (Wildman–Crippen MR) is 150 cm³/mol. The zero-order chi connectivity index (χ0) is 28.7. The van der Waals surface area contributed by atoms with Crippen molar-refractivity contribution in [2.45, 2.75) is 36.0 Å². The maximum atomic E-state index is 13.7. The van der Waals surface area contributed by atoms with Crippen molar-refractivity contribution in [3.05, 3.63) is 101 Å². The van der Waals surface area contributed by atoms with E-state index in [4.69, 9.17) is 16.3 Å². The second kappa shape index (κ2) is 11.3. The number of methoxy groups -OCH3 is 1. The van der Waals surface area contributed by atoms with Crippen LogP contribution >= 0.6 is 11.6 Å². The van der Waals surface area contributed by atoms with Crippen molar-refractivity contribution in [1.29, 1.82) is 0 Å². The maximum absolute atomic E-state index is 13.7. The molecule has 0 radical (unpaired) electrons. The summed E-state index contributed by atoms with van der Waals surface area (Å²) < 4.78 is 75.2. The van der Waals surface area contributed by atoms with Gasteiger partial charge in [-0.15, -0.1) is 0 Å². The summed E-state index contributed by atoms with van der Waals surface area (Å²) in [7, 11) is -2.81. The molecule has 0 spiro atoms.